The van der Waals surface area contributed by atoms with Crippen LogP contribution in [0.15, 0.2) is 0 Å². The predicted octanol–water partition coefficient (Wildman–Crippen LogP) is 1.50. The van der Waals surface area contributed by atoms with Crippen LogP contribution < -0.4 is 0 Å². The molecular weight excluding hydrogens is 156 g/mol. The summed E-state index contributed by atoms with van der Waals surface area (Å²) in [6.07, 6.45) is 0.865. The molecule has 3 nitrogen and oxygen atoms in total. The number of carboxylic acid groups (broad SMARTS) is 1. The molecule has 0 unspecified atom stereocenters. The van der Waals surface area contributed by atoms with E-state index in [9.17, 15) is 9.90 Å². The van der Waals surface area contributed by atoms with Gasteiger partial charge in [-0.3, -0.25) is 4.79 Å². The molecule has 0 rings (SSSR count). The Morgan fingerprint density at radius 2 is 1.92 bits per heavy atom. The first kappa shape index (κ1) is 11.4. The number of aliphatic hydroxyl groups excluding tert-OH is 1. The molecule has 0 radical (unpaired) electrons. The number of aliphatic hydroxyl groups is 1. The Hall–Kier alpha value is -0.570. The lowest BCUT2D eigenvalue weighted by atomic mass is 9.92. The van der Waals surface area contributed by atoms with Crippen molar-refractivity contribution in [2.45, 2.75) is 39.7 Å². The molecule has 0 bridgehead atoms. The molecule has 0 aromatic carbocycles. The fourth-order valence-corrected chi connectivity index (χ4v) is 1.22. The standard InChI is InChI=1S/C9H18O3/c1-4-8(10)6(2)5-7(3)9(11)12/h6-8,10H,4-5H2,1-3H3,(H,11,12)/t6-,7-,8-/m0/s1. The van der Waals surface area contributed by atoms with Crippen LogP contribution >= 0.6 is 0 Å². The van der Waals surface area contributed by atoms with Crippen LogP contribution in [-0.2, 0) is 4.79 Å². The number of hydrogen-bond acceptors (Lipinski definition) is 2. The Labute approximate surface area is 73.4 Å². The molecule has 0 aromatic heterocycles. The van der Waals surface area contributed by atoms with E-state index < -0.39 is 5.97 Å². The molecule has 0 saturated carbocycles. The predicted molar refractivity (Wildman–Crippen MR) is 46.9 cm³/mol. The van der Waals surface area contributed by atoms with Crippen LogP contribution in [0.3, 0.4) is 0 Å². The minimum Gasteiger partial charge on any atom is -0.481 e. The lowest BCUT2D eigenvalue weighted by molar-refractivity contribution is -0.141. The van der Waals surface area contributed by atoms with Crippen molar-refractivity contribution >= 4 is 5.97 Å². The molecule has 0 saturated heterocycles. The third-order valence-corrected chi connectivity index (χ3v) is 2.22. The molecule has 0 spiro atoms. The zero-order valence-corrected chi connectivity index (χ0v) is 7.95. The summed E-state index contributed by atoms with van der Waals surface area (Å²) in [5, 5.41) is 18.0. The number of aliphatic carboxylic acids is 1. The van der Waals surface area contributed by atoms with Crippen molar-refractivity contribution in [3.05, 3.63) is 0 Å². The average Bonchev–Trinajstić information content (AvgIpc) is 2.02. The molecule has 0 aromatic rings. The molecule has 0 aliphatic carbocycles. The third-order valence-electron chi connectivity index (χ3n) is 2.22. The Morgan fingerprint density at radius 3 is 2.25 bits per heavy atom. The Kier molecular flexibility index (Phi) is 4.90. The zero-order valence-electron chi connectivity index (χ0n) is 7.95. The van der Waals surface area contributed by atoms with E-state index in [2.05, 4.69) is 0 Å². The van der Waals surface area contributed by atoms with Gasteiger partial charge in [0.05, 0.1) is 12.0 Å². The zero-order chi connectivity index (χ0) is 9.72. The summed E-state index contributed by atoms with van der Waals surface area (Å²) in [6, 6.07) is 0. The summed E-state index contributed by atoms with van der Waals surface area (Å²) in [5.41, 5.74) is 0. The van der Waals surface area contributed by atoms with Crippen LogP contribution in [0.1, 0.15) is 33.6 Å². The second-order valence-electron chi connectivity index (χ2n) is 3.43. The Balaban J connectivity index is 3.83. The van der Waals surface area contributed by atoms with Crippen LogP contribution in [0.4, 0.5) is 0 Å². The lowest BCUT2D eigenvalue weighted by Crippen LogP contribution is -2.22. The highest BCUT2D eigenvalue weighted by molar-refractivity contribution is 5.69. The van der Waals surface area contributed by atoms with Gasteiger partial charge in [0.25, 0.3) is 0 Å². The van der Waals surface area contributed by atoms with E-state index in [-0.39, 0.29) is 17.9 Å². The van der Waals surface area contributed by atoms with E-state index in [0.717, 1.165) is 0 Å². The van der Waals surface area contributed by atoms with Gasteiger partial charge in [0.2, 0.25) is 0 Å². The third kappa shape index (κ3) is 3.72. The summed E-state index contributed by atoms with van der Waals surface area (Å²) in [7, 11) is 0. The fourth-order valence-electron chi connectivity index (χ4n) is 1.22. The average molecular weight is 174 g/mol. The molecule has 0 aliphatic rings. The number of rotatable bonds is 5. The highest BCUT2D eigenvalue weighted by atomic mass is 16.4. The van der Waals surface area contributed by atoms with Gasteiger partial charge in [-0.1, -0.05) is 20.8 Å². The van der Waals surface area contributed by atoms with Crippen molar-refractivity contribution in [1.82, 2.24) is 0 Å². The topological polar surface area (TPSA) is 57.5 Å². The first-order chi connectivity index (χ1) is 5.49. The fraction of sp³-hybridized carbons (Fsp3) is 0.889. The number of hydrogen-bond donors (Lipinski definition) is 2. The Morgan fingerprint density at radius 1 is 1.42 bits per heavy atom. The van der Waals surface area contributed by atoms with Crippen LogP contribution in [0.2, 0.25) is 0 Å². The van der Waals surface area contributed by atoms with Gasteiger partial charge >= 0.3 is 5.97 Å². The van der Waals surface area contributed by atoms with Gasteiger partial charge in [-0.15, -0.1) is 0 Å². The van der Waals surface area contributed by atoms with Crippen molar-refractivity contribution < 1.29 is 15.0 Å². The van der Waals surface area contributed by atoms with Crippen molar-refractivity contribution in [3.8, 4) is 0 Å². The monoisotopic (exact) mass is 174 g/mol. The van der Waals surface area contributed by atoms with Crippen molar-refractivity contribution in [2.24, 2.45) is 11.8 Å². The maximum absolute atomic E-state index is 10.5. The van der Waals surface area contributed by atoms with Gasteiger partial charge in [-0.2, -0.15) is 0 Å². The first-order valence-corrected chi connectivity index (χ1v) is 4.39. The minimum absolute atomic E-state index is 0.0705. The van der Waals surface area contributed by atoms with Gasteiger partial charge in [-0.05, 0) is 18.8 Å². The molecule has 72 valence electrons. The molecule has 3 heteroatoms. The molecule has 3 atom stereocenters. The van der Waals surface area contributed by atoms with Crippen LogP contribution in [-0.4, -0.2) is 22.3 Å². The second kappa shape index (κ2) is 5.14. The van der Waals surface area contributed by atoms with Crippen molar-refractivity contribution in [2.75, 3.05) is 0 Å². The highest BCUT2D eigenvalue weighted by Crippen LogP contribution is 2.17. The summed E-state index contributed by atoms with van der Waals surface area (Å²) < 4.78 is 0. The van der Waals surface area contributed by atoms with Gasteiger partial charge in [0.1, 0.15) is 0 Å². The largest absolute Gasteiger partial charge is 0.481 e. The van der Waals surface area contributed by atoms with E-state index in [4.69, 9.17) is 5.11 Å². The van der Waals surface area contributed by atoms with Gasteiger partial charge in [0, 0.05) is 0 Å². The van der Waals surface area contributed by atoms with E-state index in [1.807, 2.05) is 13.8 Å². The molecule has 0 aliphatic heterocycles. The molecular formula is C9H18O3. The molecule has 2 N–H and O–H groups in total. The molecule has 0 heterocycles. The van der Waals surface area contributed by atoms with Crippen molar-refractivity contribution in [3.63, 3.8) is 0 Å². The second-order valence-corrected chi connectivity index (χ2v) is 3.43. The Bertz CT molecular complexity index is 145. The van der Waals surface area contributed by atoms with Gasteiger partial charge < -0.3 is 10.2 Å². The summed E-state index contributed by atoms with van der Waals surface area (Å²) in [6.45, 7) is 5.45. The van der Waals surface area contributed by atoms with Gasteiger partial charge in [-0.25, -0.2) is 0 Å². The quantitative estimate of drug-likeness (QED) is 0.664. The van der Waals surface area contributed by atoms with Crippen molar-refractivity contribution in [1.29, 1.82) is 0 Å². The number of carboxylic acids is 1. The van der Waals surface area contributed by atoms with E-state index in [0.29, 0.717) is 12.8 Å². The first-order valence-electron chi connectivity index (χ1n) is 4.39. The summed E-state index contributed by atoms with van der Waals surface area (Å²) >= 11 is 0. The van der Waals surface area contributed by atoms with E-state index in [1.165, 1.54) is 0 Å². The molecule has 0 fully saturated rings. The van der Waals surface area contributed by atoms with E-state index >= 15 is 0 Å². The SMILES string of the molecule is CC[C@H](O)[C@@H](C)C[C@H](C)C(=O)O. The lowest BCUT2D eigenvalue weighted by Gasteiger charge is -2.18. The smallest absolute Gasteiger partial charge is 0.306 e. The highest BCUT2D eigenvalue weighted by Gasteiger charge is 2.19. The number of carbonyl (C=O) groups is 1. The van der Waals surface area contributed by atoms with Crippen LogP contribution in [0.25, 0.3) is 0 Å². The maximum Gasteiger partial charge on any atom is 0.306 e. The normalized spacial score (nSPS) is 18.3. The van der Waals surface area contributed by atoms with Crippen LogP contribution in [0, 0.1) is 11.8 Å². The van der Waals surface area contributed by atoms with Gasteiger partial charge in [0.15, 0.2) is 0 Å². The molecule has 0 amide bonds. The summed E-state index contributed by atoms with van der Waals surface area (Å²) in [4.78, 5) is 10.5. The molecule has 12 heavy (non-hydrogen) atoms. The van der Waals surface area contributed by atoms with E-state index in [1.54, 1.807) is 6.92 Å². The summed E-state index contributed by atoms with van der Waals surface area (Å²) in [5.74, 6) is -1.08. The minimum atomic E-state index is -0.787. The maximum atomic E-state index is 10.5. The van der Waals surface area contributed by atoms with Crippen LogP contribution in [0.5, 0.6) is 0 Å².